The molecule has 1 aromatic heterocycles. The summed E-state index contributed by atoms with van der Waals surface area (Å²) in [5.41, 5.74) is 1.20. The summed E-state index contributed by atoms with van der Waals surface area (Å²) in [6.07, 6.45) is 9.87. The van der Waals surface area contributed by atoms with Gasteiger partial charge in [0.25, 0.3) is 0 Å². The summed E-state index contributed by atoms with van der Waals surface area (Å²) in [6, 6.07) is 2.81. The zero-order valence-corrected chi connectivity index (χ0v) is 11.4. The van der Waals surface area contributed by atoms with Crippen molar-refractivity contribution in [2.45, 2.75) is 44.6 Å². The number of rotatable bonds is 7. The van der Waals surface area contributed by atoms with Crippen LogP contribution in [-0.2, 0) is 11.2 Å². The number of aromatic nitrogens is 2. The van der Waals surface area contributed by atoms with Crippen molar-refractivity contribution in [1.29, 1.82) is 0 Å². The maximum atomic E-state index is 5.00. The van der Waals surface area contributed by atoms with Crippen molar-refractivity contribution < 1.29 is 4.74 Å². The quantitative estimate of drug-likeness (QED) is 0.755. The number of hydrogen-bond donors (Lipinski definition) is 1. The van der Waals surface area contributed by atoms with Gasteiger partial charge in [-0.3, -0.25) is 4.68 Å². The molecule has 0 aliphatic heterocycles. The van der Waals surface area contributed by atoms with Crippen LogP contribution in [0, 0.1) is 0 Å². The number of nitrogens with zero attached hydrogens (tertiary/aromatic N) is 2. The van der Waals surface area contributed by atoms with Crippen molar-refractivity contribution >= 4 is 0 Å². The molecule has 0 saturated heterocycles. The van der Waals surface area contributed by atoms with E-state index in [1.54, 1.807) is 7.11 Å². The Balaban J connectivity index is 1.72. The second-order valence-corrected chi connectivity index (χ2v) is 5.07. The largest absolute Gasteiger partial charge is 0.383 e. The van der Waals surface area contributed by atoms with Crippen LogP contribution in [0.3, 0.4) is 0 Å². The maximum Gasteiger partial charge on any atom is 0.0637 e. The van der Waals surface area contributed by atoms with Crippen molar-refractivity contribution in [1.82, 2.24) is 15.1 Å². The van der Waals surface area contributed by atoms with Gasteiger partial charge in [0, 0.05) is 32.8 Å². The average molecular weight is 251 g/mol. The van der Waals surface area contributed by atoms with Gasteiger partial charge in [-0.15, -0.1) is 0 Å². The Bertz CT molecular complexity index is 332. The van der Waals surface area contributed by atoms with Crippen LogP contribution >= 0.6 is 0 Å². The van der Waals surface area contributed by atoms with Gasteiger partial charge in [0.05, 0.1) is 18.3 Å². The second kappa shape index (κ2) is 7.54. The molecule has 2 rings (SSSR count). The molecular formula is C14H25N3O. The van der Waals surface area contributed by atoms with Crippen LogP contribution in [0.4, 0.5) is 0 Å². The van der Waals surface area contributed by atoms with Gasteiger partial charge in [-0.1, -0.05) is 19.3 Å². The highest BCUT2D eigenvalue weighted by Gasteiger charge is 2.15. The van der Waals surface area contributed by atoms with Crippen molar-refractivity contribution in [3.63, 3.8) is 0 Å². The van der Waals surface area contributed by atoms with Crippen LogP contribution < -0.4 is 5.32 Å². The van der Waals surface area contributed by atoms with Gasteiger partial charge in [0.1, 0.15) is 0 Å². The third-order valence-corrected chi connectivity index (χ3v) is 3.65. The minimum absolute atomic E-state index is 0.647. The molecule has 1 fully saturated rings. The maximum absolute atomic E-state index is 5.00. The molecule has 0 aromatic carbocycles. The van der Waals surface area contributed by atoms with Crippen LogP contribution in [0.25, 0.3) is 0 Å². The Morgan fingerprint density at radius 1 is 1.33 bits per heavy atom. The predicted octanol–water partition coefficient (Wildman–Crippen LogP) is 2.17. The number of ether oxygens (including phenoxy) is 1. The number of hydrogen-bond acceptors (Lipinski definition) is 3. The Kier molecular flexibility index (Phi) is 5.68. The molecular weight excluding hydrogens is 226 g/mol. The molecule has 1 heterocycles. The van der Waals surface area contributed by atoms with E-state index < -0.39 is 0 Å². The van der Waals surface area contributed by atoms with Gasteiger partial charge >= 0.3 is 0 Å². The minimum atomic E-state index is 0.647. The fourth-order valence-electron chi connectivity index (χ4n) is 2.58. The van der Waals surface area contributed by atoms with E-state index in [4.69, 9.17) is 9.84 Å². The van der Waals surface area contributed by atoms with Crippen LogP contribution in [-0.4, -0.2) is 36.6 Å². The van der Waals surface area contributed by atoms with Crippen molar-refractivity contribution in [2.24, 2.45) is 0 Å². The second-order valence-electron chi connectivity index (χ2n) is 5.07. The Hall–Kier alpha value is -0.870. The monoisotopic (exact) mass is 251 g/mol. The fraction of sp³-hybridized carbons (Fsp3) is 0.786. The number of nitrogens with one attached hydrogen (secondary N) is 1. The number of methoxy groups -OCH3 is 1. The lowest BCUT2D eigenvalue weighted by atomic mass is 9.96. The molecule has 0 amide bonds. The molecule has 0 unspecified atom stereocenters. The van der Waals surface area contributed by atoms with Crippen LogP contribution in [0.15, 0.2) is 12.3 Å². The van der Waals surface area contributed by atoms with Crippen molar-refractivity contribution in [3.8, 4) is 0 Å². The Labute approximate surface area is 110 Å². The molecule has 1 saturated carbocycles. The first-order valence-corrected chi connectivity index (χ1v) is 7.14. The minimum Gasteiger partial charge on any atom is -0.383 e. The van der Waals surface area contributed by atoms with E-state index in [1.165, 1.54) is 37.8 Å². The summed E-state index contributed by atoms with van der Waals surface area (Å²) in [6.45, 7) is 2.67. The molecule has 0 atom stereocenters. The van der Waals surface area contributed by atoms with Gasteiger partial charge in [0.2, 0.25) is 0 Å². The normalized spacial score (nSPS) is 17.2. The Morgan fingerprint density at radius 3 is 2.94 bits per heavy atom. The topological polar surface area (TPSA) is 39.1 Å². The average Bonchev–Trinajstić information content (AvgIpc) is 2.88. The standard InChI is InChI=1S/C14H25N3O/c1-18-12-10-15-9-7-13-8-11-17(16-13)14-5-3-2-4-6-14/h8,11,14-15H,2-7,9-10,12H2,1H3. The molecule has 4 heteroatoms. The zero-order chi connectivity index (χ0) is 12.6. The summed E-state index contributed by atoms with van der Waals surface area (Å²) in [5, 5.41) is 8.05. The predicted molar refractivity (Wildman–Crippen MR) is 72.8 cm³/mol. The molecule has 0 bridgehead atoms. The third kappa shape index (κ3) is 4.10. The van der Waals surface area contributed by atoms with E-state index in [0.29, 0.717) is 6.04 Å². The molecule has 0 radical (unpaired) electrons. The summed E-state index contributed by atoms with van der Waals surface area (Å²) >= 11 is 0. The van der Waals surface area contributed by atoms with Gasteiger partial charge in [-0.05, 0) is 18.9 Å². The zero-order valence-electron chi connectivity index (χ0n) is 11.4. The molecule has 0 spiro atoms. The first-order valence-electron chi connectivity index (χ1n) is 7.14. The molecule has 1 N–H and O–H groups in total. The van der Waals surface area contributed by atoms with Gasteiger partial charge in [0.15, 0.2) is 0 Å². The molecule has 4 nitrogen and oxygen atoms in total. The SMILES string of the molecule is COCCNCCc1ccn(C2CCCCC2)n1. The summed E-state index contributed by atoms with van der Waals surface area (Å²) < 4.78 is 7.18. The molecule has 18 heavy (non-hydrogen) atoms. The molecule has 1 aromatic rings. The van der Waals surface area contributed by atoms with Crippen molar-refractivity contribution in [3.05, 3.63) is 18.0 Å². The van der Waals surface area contributed by atoms with E-state index in [2.05, 4.69) is 22.3 Å². The van der Waals surface area contributed by atoms with Crippen LogP contribution in [0.2, 0.25) is 0 Å². The molecule has 1 aliphatic rings. The summed E-state index contributed by atoms with van der Waals surface area (Å²) in [4.78, 5) is 0. The third-order valence-electron chi connectivity index (χ3n) is 3.65. The van der Waals surface area contributed by atoms with Crippen LogP contribution in [0.5, 0.6) is 0 Å². The first kappa shape index (κ1) is 13.6. The van der Waals surface area contributed by atoms with E-state index in [-0.39, 0.29) is 0 Å². The lowest BCUT2D eigenvalue weighted by Gasteiger charge is -2.21. The van der Waals surface area contributed by atoms with E-state index >= 15 is 0 Å². The van der Waals surface area contributed by atoms with Crippen molar-refractivity contribution in [2.75, 3.05) is 26.8 Å². The van der Waals surface area contributed by atoms with E-state index in [1.807, 2.05) is 0 Å². The van der Waals surface area contributed by atoms with E-state index in [9.17, 15) is 0 Å². The smallest absolute Gasteiger partial charge is 0.0637 e. The highest BCUT2D eigenvalue weighted by atomic mass is 16.5. The van der Waals surface area contributed by atoms with Crippen LogP contribution in [0.1, 0.15) is 43.8 Å². The first-order chi connectivity index (χ1) is 8.90. The van der Waals surface area contributed by atoms with E-state index in [0.717, 1.165) is 26.1 Å². The Morgan fingerprint density at radius 2 is 2.17 bits per heavy atom. The lowest BCUT2D eigenvalue weighted by molar-refractivity contribution is 0.199. The highest BCUT2D eigenvalue weighted by Crippen LogP contribution is 2.27. The van der Waals surface area contributed by atoms with Gasteiger partial charge in [-0.2, -0.15) is 5.10 Å². The summed E-state index contributed by atoms with van der Waals surface area (Å²) in [7, 11) is 1.73. The highest BCUT2D eigenvalue weighted by molar-refractivity contribution is 5.00. The molecule has 1 aliphatic carbocycles. The summed E-state index contributed by atoms with van der Waals surface area (Å²) in [5.74, 6) is 0. The fourth-order valence-corrected chi connectivity index (χ4v) is 2.58. The molecule has 102 valence electrons. The lowest BCUT2D eigenvalue weighted by Crippen LogP contribution is -2.22. The van der Waals surface area contributed by atoms with Gasteiger partial charge in [-0.25, -0.2) is 0 Å². The van der Waals surface area contributed by atoms with Gasteiger partial charge < -0.3 is 10.1 Å².